The van der Waals surface area contributed by atoms with Gasteiger partial charge < -0.3 is 65.8 Å². The molecule has 92 heavy (non-hydrogen) atoms. The van der Waals surface area contributed by atoms with Gasteiger partial charge in [-0.1, -0.05) is 162 Å². The third kappa shape index (κ3) is 20.3. The molecule has 16 heteroatoms. The number of nitrogens with one attached hydrogen (secondary N) is 1. The predicted octanol–water partition coefficient (Wildman–Crippen LogP) is 12.3. The van der Waals surface area contributed by atoms with E-state index in [0.29, 0.717) is 62.4 Å². The summed E-state index contributed by atoms with van der Waals surface area (Å²) < 4.78 is 0. The smallest absolute Gasteiger partial charge is 0.0715 e. The summed E-state index contributed by atoms with van der Waals surface area (Å²) in [5, 5.41) is 80.2. The van der Waals surface area contributed by atoms with Gasteiger partial charge in [-0.15, -0.1) is 0 Å². The molecule has 0 aromatic heterocycles. The second-order valence-corrected chi connectivity index (χ2v) is 23.9. The minimum atomic E-state index is -0.259. The lowest BCUT2D eigenvalue weighted by Crippen LogP contribution is -2.38. The minimum absolute atomic E-state index is 0.0299. The van der Waals surface area contributed by atoms with Crippen molar-refractivity contribution in [1.82, 2.24) is 0 Å². The predicted molar refractivity (Wildman–Crippen MR) is 378 cm³/mol. The average molecular weight is 1300 g/mol. The van der Waals surface area contributed by atoms with Gasteiger partial charge in [-0.05, 0) is 160 Å². The lowest BCUT2D eigenvalue weighted by Gasteiger charge is -2.32. The van der Waals surface area contributed by atoms with Crippen molar-refractivity contribution in [2.45, 2.75) is 36.7 Å². The van der Waals surface area contributed by atoms with Crippen LogP contribution in [0.15, 0.2) is 224 Å². The van der Waals surface area contributed by atoms with Crippen LogP contribution in [-0.4, -0.2) is 152 Å². The monoisotopic (exact) mass is 1300 g/mol. The molecule has 13 nitrogen and oxygen atoms in total. The van der Waals surface area contributed by atoms with Gasteiger partial charge >= 0.3 is 0 Å². The summed E-state index contributed by atoms with van der Waals surface area (Å²) in [4.78, 5) is 8.16. The Labute approximate surface area is 557 Å². The number of hydrogen-bond acceptors (Lipinski definition) is 13. The Kier molecular flexibility index (Phi) is 28.5. The van der Waals surface area contributed by atoms with Crippen LogP contribution in [0.3, 0.4) is 0 Å². The lowest BCUT2D eigenvalue weighted by molar-refractivity contribution is 0.154. The molecule has 10 rings (SSSR count). The fourth-order valence-electron chi connectivity index (χ4n) is 11.9. The van der Waals surface area contributed by atoms with Crippen molar-refractivity contribution in [3.05, 3.63) is 290 Å². The Hall–Kier alpha value is -7.47. The normalized spacial score (nSPS) is 13.8. The molecule has 4 unspecified atom stereocenters. The first kappa shape index (κ1) is 70.4. The molecule has 0 bridgehead atoms. The Bertz CT molecular complexity index is 3440. The van der Waals surface area contributed by atoms with Gasteiger partial charge in [-0.3, -0.25) is 0 Å². The minimum Gasteiger partial charge on any atom is -0.395 e. The number of piperidine rings is 1. The zero-order valence-electron chi connectivity index (χ0n) is 51.9. The fraction of sp³-hybridized carbons (Fsp3) is 0.289. The van der Waals surface area contributed by atoms with E-state index in [4.69, 9.17) is 39.9 Å². The summed E-state index contributed by atoms with van der Waals surface area (Å²) in [6.07, 6.45) is 1.62. The summed E-state index contributed by atoms with van der Waals surface area (Å²) in [5.41, 5.74) is 15.5. The zero-order valence-corrected chi connectivity index (χ0v) is 54.2. The van der Waals surface area contributed by atoms with Crippen molar-refractivity contribution >= 4 is 63.2 Å². The number of aliphatic hydroxyl groups excluding tert-OH is 8. The van der Waals surface area contributed by atoms with Crippen LogP contribution in [0.4, 0.5) is 28.4 Å². The van der Waals surface area contributed by atoms with Crippen LogP contribution in [0.1, 0.15) is 80.7 Å². The molecule has 9 aromatic carbocycles. The highest BCUT2D eigenvalue weighted by molar-refractivity contribution is 6.31. The molecule has 0 spiro atoms. The molecule has 1 fully saturated rings. The summed E-state index contributed by atoms with van der Waals surface area (Å²) >= 11 is 18.4. The molecule has 9 N–H and O–H groups in total. The lowest BCUT2D eigenvalue weighted by atomic mass is 9.85. The molecule has 1 aliphatic rings. The molecule has 4 atom stereocenters. The van der Waals surface area contributed by atoms with E-state index in [2.05, 4.69) is 132 Å². The van der Waals surface area contributed by atoms with Gasteiger partial charge in [0.2, 0.25) is 0 Å². The van der Waals surface area contributed by atoms with Crippen molar-refractivity contribution in [3.8, 4) is 0 Å². The Balaban J connectivity index is 0.000000179. The average Bonchev–Trinajstić information content (AvgIpc) is 0.857. The molecule has 0 saturated carbocycles. The van der Waals surface area contributed by atoms with Gasteiger partial charge in [0, 0.05) is 120 Å². The zero-order chi connectivity index (χ0) is 65.0. The van der Waals surface area contributed by atoms with Crippen molar-refractivity contribution in [2.24, 2.45) is 0 Å². The number of rotatable bonds is 28. The number of halogens is 3. The number of benzene rings is 9. The first-order valence-electron chi connectivity index (χ1n) is 31.5. The number of hydrogen-bond donors (Lipinski definition) is 9. The fourth-order valence-corrected chi connectivity index (χ4v) is 12.2. The molecular weight excluding hydrogens is 1220 g/mol. The van der Waals surface area contributed by atoms with Gasteiger partial charge in [0.25, 0.3) is 0 Å². The highest BCUT2D eigenvalue weighted by Crippen LogP contribution is 2.38. The van der Waals surface area contributed by atoms with Crippen LogP contribution in [-0.2, 0) is 0 Å². The number of nitrogens with zero attached hydrogens (tertiary/aromatic N) is 4. The van der Waals surface area contributed by atoms with Crippen molar-refractivity contribution in [3.63, 3.8) is 0 Å². The van der Waals surface area contributed by atoms with Crippen molar-refractivity contribution < 1.29 is 40.9 Å². The number of aliphatic hydroxyl groups is 8. The van der Waals surface area contributed by atoms with E-state index in [1.54, 1.807) is 0 Å². The number of anilines is 5. The van der Waals surface area contributed by atoms with Crippen molar-refractivity contribution in [1.29, 1.82) is 0 Å². The Morgan fingerprint density at radius 3 is 0.935 bits per heavy atom. The topological polar surface area (TPSA) is 187 Å². The highest BCUT2D eigenvalue weighted by atomic mass is 35.5. The van der Waals surface area contributed by atoms with Gasteiger partial charge in [0.05, 0.1) is 52.4 Å². The molecule has 0 aliphatic carbocycles. The van der Waals surface area contributed by atoms with E-state index < -0.39 is 0 Å². The largest absolute Gasteiger partial charge is 0.395 e. The maximum absolute atomic E-state index is 10.0. The molecule has 9 aromatic rings. The molecular formula is C76H86Cl3N5O8. The second-order valence-electron chi connectivity index (χ2n) is 22.5. The Morgan fingerprint density at radius 1 is 0.359 bits per heavy atom. The third-order valence-corrected chi connectivity index (χ3v) is 17.2. The van der Waals surface area contributed by atoms with E-state index in [-0.39, 0.29) is 70.1 Å². The molecule has 1 heterocycles. The Morgan fingerprint density at radius 2 is 0.641 bits per heavy atom. The van der Waals surface area contributed by atoms with Crippen molar-refractivity contribution in [2.75, 3.05) is 130 Å². The highest BCUT2D eigenvalue weighted by Gasteiger charge is 2.23. The van der Waals surface area contributed by atoms with E-state index in [9.17, 15) is 35.7 Å². The molecule has 0 amide bonds. The van der Waals surface area contributed by atoms with E-state index >= 15 is 0 Å². The van der Waals surface area contributed by atoms with Crippen LogP contribution < -0.4 is 24.9 Å². The van der Waals surface area contributed by atoms with Crippen LogP contribution in [0.5, 0.6) is 0 Å². The van der Waals surface area contributed by atoms with E-state index in [1.165, 1.54) is 22.3 Å². The number of β-amino-alcohol motifs (C(OH)–C–C–N with tert-alkyl or cyclic N) is 1. The molecule has 0 radical (unpaired) electrons. The first-order valence-corrected chi connectivity index (χ1v) is 32.6. The van der Waals surface area contributed by atoms with Crippen LogP contribution in [0.2, 0.25) is 15.1 Å². The summed E-state index contributed by atoms with van der Waals surface area (Å²) in [6, 6.07) is 76.0. The maximum Gasteiger partial charge on any atom is 0.0715 e. The SMILES string of the molecule is OCCN(CCO)c1ccc(C(c2ccc(Cl)cc2)c2ccc(N3CCCC(O)C3)cc2)cc1.OCCN(CCO)c1ccc(C(c2ccccc2)c2ccc(Cl)cc2)cc1.OCCNc1ccc(C(c2ccc(Cl)cc2)c2ccc(N(CCO)CCO)cc2)cc1. The van der Waals surface area contributed by atoms with Crippen LogP contribution >= 0.6 is 34.8 Å². The van der Waals surface area contributed by atoms with Gasteiger partial charge in [-0.2, -0.15) is 0 Å². The van der Waals surface area contributed by atoms with Gasteiger partial charge in [0.1, 0.15) is 0 Å². The second kappa shape index (κ2) is 37.3. The third-order valence-electron chi connectivity index (χ3n) is 16.4. The summed E-state index contributed by atoms with van der Waals surface area (Å²) in [5.74, 6) is 0.181. The molecule has 484 valence electrons. The maximum atomic E-state index is 10.0. The summed E-state index contributed by atoms with van der Waals surface area (Å²) in [7, 11) is 0. The molecule has 1 saturated heterocycles. The van der Waals surface area contributed by atoms with E-state index in [1.807, 2.05) is 118 Å². The van der Waals surface area contributed by atoms with Gasteiger partial charge in [-0.25, -0.2) is 0 Å². The summed E-state index contributed by atoms with van der Waals surface area (Å²) in [6.45, 7) is 5.41. The molecule has 1 aliphatic heterocycles. The van der Waals surface area contributed by atoms with Crippen LogP contribution in [0.25, 0.3) is 0 Å². The quantitative estimate of drug-likeness (QED) is 0.0211. The van der Waals surface area contributed by atoms with Crippen LogP contribution in [0, 0.1) is 0 Å². The first-order chi connectivity index (χ1) is 45.0. The standard InChI is InChI=1S/C28H33ClN2O3.C25H29ClN2O3.C23H24ClNO2/c29-24-9-3-21(4-10-24)28(22-5-11-25(12-6-22)30(16-18-32)17-19-33)23-7-13-26(14-8-23)31-15-1-2-27(34)20-31;26-22-7-1-19(2-8-22)25(20-3-9-23(10-4-20)27-13-16-29)21-5-11-24(12-6-21)28(14-17-30)15-18-31;24-21-10-6-19(7-11-21)23(18-4-2-1-3-5-18)20-8-12-22(13-9-20)25(14-16-26)15-17-27/h3-14,27-28,32-34H,1-2,15-20H2;1-12,25,27,29-31H,13-18H2;1-13,23,26-27H,14-17H2. The van der Waals surface area contributed by atoms with Gasteiger partial charge in [0.15, 0.2) is 0 Å². The van der Waals surface area contributed by atoms with E-state index in [0.717, 1.165) is 80.7 Å².